The van der Waals surface area contributed by atoms with Gasteiger partial charge in [-0.25, -0.2) is 0 Å². The lowest BCUT2D eigenvalue weighted by atomic mass is 10.0. The van der Waals surface area contributed by atoms with E-state index in [1.165, 1.54) is 38.5 Å². The summed E-state index contributed by atoms with van der Waals surface area (Å²) in [7, 11) is 0. The van der Waals surface area contributed by atoms with Gasteiger partial charge >= 0.3 is 0 Å². The molecule has 92 valence electrons. The monoisotopic (exact) mass is 223 g/mol. The Morgan fingerprint density at radius 2 is 2.19 bits per heavy atom. The van der Waals surface area contributed by atoms with Crippen LogP contribution in [0.3, 0.4) is 0 Å². The van der Waals surface area contributed by atoms with E-state index in [4.69, 9.17) is 5.73 Å². The van der Waals surface area contributed by atoms with Gasteiger partial charge < -0.3 is 10.6 Å². The maximum Gasteiger partial charge on any atom is 0.191 e. The Labute approximate surface area is 99.1 Å². The van der Waals surface area contributed by atoms with Gasteiger partial charge in [-0.3, -0.25) is 4.99 Å². The number of hydrogen-bond acceptors (Lipinski definition) is 1. The average molecular weight is 223 g/mol. The van der Waals surface area contributed by atoms with Crippen molar-refractivity contribution in [1.29, 1.82) is 0 Å². The molecule has 0 spiro atoms. The van der Waals surface area contributed by atoms with Crippen LogP contribution in [-0.2, 0) is 0 Å². The zero-order chi connectivity index (χ0) is 11.4. The van der Waals surface area contributed by atoms with Gasteiger partial charge in [-0.05, 0) is 37.5 Å². The highest BCUT2D eigenvalue weighted by molar-refractivity contribution is 5.78. The third kappa shape index (κ3) is 3.69. The first-order valence-corrected chi connectivity index (χ1v) is 6.80. The van der Waals surface area contributed by atoms with Crippen molar-refractivity contribution in [1.82, 2.24) is 4.90 Å². The van der Waals surface area contributed by atoms with E-state index in [2.05, 4.69) is 16.8 Å². The van der Waals surface area contributed by atoms with Crippen molar-refractivity contribution in [2.75, 3.05) is 19.6 Å². The molecule has 1 aliphatic carbocycles. The first-order valence-electron chi connectivity index (χ1n) is 6.80. The summed E-state index contributed by atoms with van der Waals surface area (Å²) in [5.74, 6) is 2.57. The molecule has 0 aromatic rings. The summed E-state index contributed by atoms with van der Waals surface area (Å²) in [4.78, 5) is 6.76. The fourth-order valence-electron chi connectivity index (χ4n) is 2.48. The molecule has 0 aromatic carbocycles. The molecule has 1 saturated carbocycles. The Bertz CT molecular complexity index is 246. The van der Waals surface area contributed by atoms with Crippen LogP contribution in [0.1, 0.15) is 45.4 Å². The van der Waals surface area contributed by atoms with Crippen LogP contribution in [0.5, 0.6) is 0 Å². The average Bonchev–Trinajstić information content (AvgIpc) is 3.08. The van der Waals surface area contributed by atoms with Gasteiger partial charge in [-0.15, -0.1) is 0 Å². The maximum absolute atomic E-state index is 6.02. The SMILES string of the molecule is CC1CCCN(C(N)=NCCCC2CC2)C1. The number of likely N-dealkylation sites (tertiary alicyclic amines) is 1. The van der Waals surface area contributed by atoms with Crippen molar-refractivity contribution >= 4 is 5.96 Å². The molecular weight excluding hydrogens is 198 g/mol. The standard InChI is InChI=1S/C13H25N3/c1-11-4-3-9-16(10-11)13(14)15-8-2-5-12-6-7-12/h11-12H,2-10H2,1H3,(H2,14,15). The molecule has 3 heteroatoms. The number of aliphatic imine (C=N–C) groups is 1. The summed E-state index contributed by atoms with van der Waals surface area (Å²) in [5, 5.41) is 0. The fraction of sp³-hybridized carbons (Fsp3) is 0.923. The molecule has 0 radical (unpaired) electrons. The largest absolute Gasteiger partial charge is 0.370 e. The smallest absolute Gasteiger partial charge is 0.191 e. The molecule has 1 saturated heterocycles. The summed E-state index contributed by atoms with van der Waals surface area (Å²) in [6, 6.07) is 0. The topological polar surface area (TPSA) is 41.6 Å². The summed E-state index contributed by atoms with van der Waals surface area (Å²) in [6.45, 7) is 5.42. The van der Waals surface area contributed by atoms with Gasteiger partial charge in [0.25, 0.3) is 0 Å². The predicted molar refractivity (Wildman–Crippen MR) is 68.4 cm³/mol. The molecule has 0 bridgehead atoms. The van der Waals surface area contributed by atoms with Gasteiger partial charge in [0.15, 0.2) is 5.96 Å². The Morgan fingerprint density at radius 1 is 1.38 bits per heavy atom. The number of hydrogen-bond donors (Lipinski definition) is 1. The molecule has 1 atom stereocenters. The molecule has 16 heavy (non-hydrogen) atoms. The Hall–Kier alpha value is -0.730. The van der Waals surface area contributed by atoms with Crippen LogP contribution in [0, 0.1) is 11.8 Å². The second kappa shape index (κ2) is 5.55. The van der Waals surface area contributed by atoms with Crippen LogP contribution in [0.4, 0.5) is 0 Å². The third-order valence-corrected chi connectivity index (χ3v) is 3.72. The highest BCUT2D eigenvalue weighted by Gasteiger charge is 2.20. The second-order valence-electron chi connectivity index (χ2n) is 5.52. The molecule has 2 rings (SSSR count). The predicted octanol–water partition coefficient (Wildman–Crippen LogP) is 2.22. The Balaban J connectivity index is 1.67. The van der Waals surface area contributed by atoms with Gasteiger partial charge in [-0.2, -0.15) is 0 Å². The van der Waals surface area contributed by atoms with Crippen LogP contribution in [0.15, 0.2) is 4.99 Å². The zero-order valence-corrected chi connectivity index (χ0v) is 10.5. The number of nitrogens with two attached hydrogens (primary N) is 1. The van der Waals surface area contributed by atoms with Gasteiger partial charge in [0, 0.05) is 19.6 Å². The van der Waals surface area contributed by atoms with Gasteiger partial charge in [0.05, 0.1) is 0 Å². The Morgan fingerprint density at radius 3 is 2.88 bits per heavy atom. The summed E-state index contributed by atoms with van der Waals surface area (Å²) in [6.07, 6.45) is 8.07. The number of guanidine groups is 1. The van der Waals surface area contributed by atoms with E-state index >= 15 is 0 Å². The lowest BCUT2D eigenvalue weighted by Gasteiger charge is -2.31. The van der Waals surface area contributed by atoms with Crippen LogP contribution in [-0.4, -0.2) is 30.5 Å². The van der Waals surface area contributed by atoms with E-state index in [1.807, 2.05) is 0 Å². The van der Waals surface area contributed by atoms with E-state index in [1.54, 1.807) is 0 Å². The van der Waals surface area contributed by atoms with Crippen molar-refractivity contribution in [3.8, 4) is 0 Å². The highest BCUT2D eigenvalue weighted by Crippen LogP contribution is 2.33. The number of piperidine rings is 1. The lowest BCUT2D eigenvalue weighted by Crippen LogP contribution is -2.43. The molecule has 3 nitrogen and oxygen atoms in total. The summed E-state index contributed by atoms with van der Waals surface area (Å²) >= 11 is 0. The quantitative estimate of drug-likeness (QED) is 0.451. The van der Waals surface area contributed by atoms with Gasteiger partial charge in [-0.1, -0.05) is 19.8 Å². The van der Waals surface area contributed by atoms with Crippen molar-refractivity contribution < 1.29 is 0 Å². The second-order valence-corrected chi connectivity index (χ2v) is 5.52. The van der Waals surface area contributed by atoms with Crippen LogP contribution < -0.4 is 5.73 Å². The van der Waals surface area contributed by atoms with Crippen molar-refractivity contribution in [2.24, 2.45) is 22.6 Å². The number of rotatable bonds is 4. The first kappa shape index (κ1) is 11.7. The molecule has 1 unspecified atom stereocenters. The zero-order valence-electron chi connectivity index (χ0n) is 10.5. The minimum atomic E-state index is 0.772. The third-order valence-electron chi connectivity index (χ3n) is 3.72. The van der Waals surface area contributed by atoms with E-state index < -0.39 is 0 Å². The van der Waals surface area contributed by atoms with Crippen LogP contribution in [0.2, 0.25) is 0 Å². The molecular formula is C13H25N3. The molecule has 1 aliphatic heterocycles. The molecule has 2 fully saturated rings. The summed E-state index contributed by atoms with van der Waals surface area (Å²) in [5.41, 5.74) is 6.02. The Kier molecular flexibility index (Phi) is 4.08. The maximum atomic E-state index is 6.02. The van der Waals surface area contributed by atoms with E-state index in [0.717, 1.165) is 37.4 Å². The normalized spacial score (nSPS) is 27.2. The number of nitrogens with zero attached hydrogens (tertiary/aromatic N) is 2. The molecule has 0 amide bonds. The molecule has 1 heterocycles. The summed E-state index contributed by atoms with van der Waals surface area (Å²) < 4.78 is 0. The van der Waals surface area contributed by atoms with Crippen LogP contribution >= 0.6 is 0 Å². The van der Waals surface area contributed by atoms with E-state index in [0.29, 0.717) is 0 Å². The van der Waals surface area contributed by atoms with Crippen molar-refractivity contribution in [3.05, 3.63) is 0 Å². The van der Waals surface area contributed by atoms with Crippen molar-refractivity contribution in [3.63, 3.8) is 0 Å². The van der Waals surface area contributed by atoms with E-state index in [9.17, 15) is 0 Å². The highest BCUT2D eigenvalue weighted by atomic mass is 15.3. The minimum Gasteiger partial charge on any atom is -0.370 e. The minimum absolute atomic E-state index is 0.772. The van der Waals surface area contributed by atoms with Gasteiger partial charge in [0.1, 0.15) is 0 Å². The van der Waals surface area contributed by atoms with Crippen LogP contribution in [0.25, 0.3) is 0 Å². The molecule has 2 aliphatic rings. The molecule has 0 aromatic heterocycles. The first-order chi connectivity index (χ1) is 7.75. The van der Waals surface area contributed by atoms with Gasteiger partial charge in [0.2, 0.25) is 0 Å². The lowest BCUT2D eigenvalue weighted by molar-refractivity contribution is 0.270. The van der Waals surface area contributed by atoms with Crippen molar-refractivity contribution in [2.45, 2.75) is 45.4 Å². The van der Waals surface area contributed by atoms with E-state index in [-0.39, 0.29) is 0 Å². The fourth-order valence-corrected chi connectivity index (χ4v) is 2.48. The molecule has 2 N–H and O–H groups in total.